The molecule has 0 spiro atoms. The summed E-state index contributed by atoms with van der Waals surface area (Å²) in [4.78, 5) is 26.0. The lowest BCUT2D eigenvalue weighted by Gasteiger charge is -2.29. The van der Waals surface area contributed by atoms with Crippen molar-refractivity contribution in [2.75, 3.05) is 5.32 Å². The van der Waals surface area contributed by atoms with E-state index in [9.17, 15) is 13.6 Å². The number of nitrogens with one attached hydrogen (secondary N) is 3. The van der Waals surface area contributed by atoms with Gasteiger partial charge in [-0.05, 0) is 62.8 Å². The van der Waals surface area contributed by atoms with Gasteiger partial charge in [-0.15, -0.1) is 0 Å². The minimum absolute atomic E-state index is 0.0582. The molecule has 1 aromatic carbocycles. The Bertz CT molecular complexity index is 957. The molecule has 4 rings (SSSR count). The van der Waals surface area contributed by atoms with E-state index in [2.05, 4.69) is 25.9 Å². The first-order chi connectivity index (χ1) is 16.1. The summed E-state index contributed by atoms with van der Waals surface area (Å²) in [5.41, 5.74) is 0.0582. The van der Waals surface area contributed by atoms with Crippen LogP contribution >= 0.6 is 0 Å². The molecule has 0 bridgehead atoms. The molecule has 3 N–H and O–H groups in total. The third-order valence-electron chi connectivity index (χ3n) is 6.27. The highest BCUT2D eigenvalue weighted by molar-refractivity contribution is 6.05. The number of aromatic nitrogens is 2. The number of carbonyl (C=O) groups is 1. The van der Waals surface area contributed by atoms with E-state index < -0.39 is 17.5 Å². The summed E-state index contributed by atoms with van der Waals surface area (Å²) < 4.78 is 26.9. The van der Waals surface area contributed by atoms with Gasteiger partial charge < -0.3 is 10.6 Å². The third-order valence-corrected chi connectivity index (χ3v) is 6.27. The molecule has 2 fully saturated rings. The zero-order valence-electron chi connectivity index (χ0n) is 18.6. The zero-order chi connectivity index (χ0) is 23.0. The molecule has 9 heteroatoms. The number of halogens is 2. The molecule has 2 saturated carbocycles. The van der Waals surface area contributed by atoms with E-state index in [4.69, 9.17) is 4.99 Å². The fourth-order valence-corrected chi connectivity index (χ4v) is 4.45. The second kappa shape index (κ2) is 11.2. The van der Waals surface area contributed by atoms with Crippen LogP contribution < -0.4 is 16.0 Å². The number of hydrogen-bond acceptors (Lipinski definition) is 5. The Kier molecular flexibility index (Phi) is 7.80. The number of rotatable bonds is 5. The van der Waals surface area contributed by atoms with E-state index in [1.165, 1.54) is 12.5 Å². The maximum Gasteiger partial charge on any atom is 0.258 e. The van der Waals surface area contributed by atoms with E-state index in [1.54, 1.807) is 18.5 Å². The summed E-state index contributed by atoms with van der Waals surface area (Å²) in [5, 5.41) is 9.56. The number of guanidine groups is 1. The largest absolute Gasteiger partial charge is 0.353 e. The fraction of sp³-hybridized carbons (Fsp3) is 0.500. The number of amides is 1. The Morgan fingerprint density at radius 2 is 1.64 bits per heavy atom. The van der Waals surface area contributed by atoms with Crippen LogP contribution in [-0.2, 0) is 0 Å². The summed E-state index contributed by atoms with van der Waals surface area (Å²) in [7, 11) is 0. The Hall–Kier alpha value is -3.10. The van der Waals surface area contributed by atoms with Crippen LogP contribution in [0.25, 0.3) is 0 Å². The Morgan fingerprint density at radius 1 is 0.909 bits per heavy atom. The zero-order valence-corrected chi connectivity index (χ0v) is 18.6. The molecule has 2 aliphatic carbocycles. The van der Waals surface area contributed by atoms with Crippen molar-refractivity contribution < 1.29 is 13.6 Å². The minimum Gasteiger partial charge on any atom is -0.353 e. The van der Waals surface area contributed by atoms with E-state index in [0.29, 0.717) is 11.9 Å². The molecule has 0 saturated heterocycles. The second-order valence-electron chi connectivity index (χ2n) is 8.76. The fourth-order valence-electron chi connectivity index (χ4n) is 4.45. The van der Waals surface area contributed by atoms with Crippen molar-refractivity contribution >= 4 is 17.8 Å². The smallest absolute Gasteiger partial charge is 0.258 e. The quantitative estimate of drug-likeness (QED) is 0.464. The molecule has 0 unspecified atom stereocenters. The lowest BCUT2D eigenvalue weighted by Crippen LogP contribution is -2.47. The van der Waals surface area contributed by atoms with E-state index in [1.807, 2.05) is 0 Å². The van der Waals surface area contributed by atoms with Crippen molar-refractivity contribution in [2.24, 2.45) is 4.99 Å². The molecule has 176 valence electrons. The average Bonchev–Trinajstić information content (AvgIpc) is 2.83. The van der Waals surface area contributed by atoms with Gasteiger partial charge in [0.1, 0.15) is 0 Å². The van der Waals surface area contributed by atoms with Crippen LogP contribution in [0.2, 0.25) is 0 Å². The van der Waals surface area contributed by atoms with Crippen LogP contribution in [0, 0.1) is 11.6 Å². The summed E-state index contributed by atoms with van der Waals surface area (Å²) >= 11 is 0. The molecule has 1 amide bonds. The van der Waals surface area contributed by atoms with Gasteiger partial charge in [0.05, 0.1) is 6.04 Å². The number of carbonyl (C=O) groups excluding carboxylic acids is 1. The van der Waals surface area contributed by atoms with Crippen molar-refractivity contribution in [3.05, 3.63) is 53.9 Å². The van der Waals surface area contributed by atoms with Gasteiger partial charge >= 0.3 is 0 Å². The van der Waals surface area contributed by atoms with Gasteiger partial charge in [0.25, 0.3) is 5.91 Å². The van der Waals surface area contributed by atoms with Crippen LogP contribution in [0.4, 0.5) is 14.7 Å². The SMILES string of the molecule is O=C(NC(=NC1CCC(Nc2ncccn2)CC1)NC1CCCCC1)c1ccc(F)c(F)c1. The normalized spacial score (nSPS) is 21.9. The van der Waals surface area contributed by atoms with Crippen molar-refractivity contribution in [1.29, 1.82) is 0 Å². The van der Waals surface area contributed by atoms with Gasteiger partial charge in [0.15, 0.2) is 17.6 Å². The third kappa shape index (κ3) is 6.69. The number of benzene rings is 1. The van der Waals surface area contributed by atoms with Crippen LogP contribution in [0.3, 0.4) is 0 Å². The number of hydrogen-bond donors (Lipinski definition) is 3. The van der Waals surface area contributed by atoms with Crippen molar-refractivity contribution in [3.63, 3.8) is 0 Å². The number of anilines is 1. The lowest BCUT2D eigenvalue weighted by atomic mass is 9.91. The average molecular weight is 457 g/mol. The van der Waals surface area contributed by atoms with Crippen molar-refractivity contribution in [1.82, 2.24) is 20.6 Å². The molecule has 33 heavy (non-hydrogen) atoms. The lowest BCUT2D eigenvalue weighted by molar-refractivity contribution is 0.0974. The molecule has 0 atom stereocenters. The van der Waals surface area contributed by atoms with Gasteiger partial charge in [0, 0.05) is 30.0 Å². The predicted molar refractivity (Wildman–Crippen MR) is 123 cm³/mol. The molecule has 0 radical (unpaired) electrons. The summed E-state index contributed by atoms with van der Waals surface area (Å²) in [5.74, 6) is -1.49. The maximum absolute atomic E-state index is 13.6. The maximum atomic E-state index is 13.6. The molecule has 2 aliphatic rings. The standard InChI is InChI=1S/C24H30F2N6O/c25-20-12-7-16(15-21(20)26)22(33)32-24(30-17-5-2-1-3-6-17)31-19-10-8-18(9-11-19)29-23-27-13-4-14-28-23/h4,7,12-15,17-19H,1-3,5-6,8-11H2,(H,27,28,29)(H2,30,31,32,33). The van der Waals surface area contributed by atoms with E-state index in [-0.39, 0.29) is 23.7 Å². The Balaban J connectivity index is 1.40. The number of aliphatic imine (C=N–C) groups is 1. The van der Waals surface area contributed by atoms with Crippen LogP contribution in [0.1, 0.15) is 68.1 Å². The Labute approximate surface area is 192 Å². The van der Waals surface area contributed by atoms with Crippen molar-refractivity contribution in [2.45, 2.75) is 75.9 Å². The van der Waals surface area contributed by atoms with Gasteiger partial charge in [0.2, 0.25) is 5.95 Å². The highest BCUT2D eigenvalue weighted by atomic mass is 19.2. The Morgan fingerprint density at radius 3 is 2.33 bits per heavy atom. The summed E-state index contributed by atoms with van der Waals surface area (Å²) in [6.45, 7) is 0. The van der Waals surface area contributed by atoms with Gasteiger partial charge in [-0.1, -0.05) is 19.3 Å². The van der Waals surface area contributed by atoms with Crippen LogP contribution in [-0.4, -0.2) is 40.0 Å². The topological polar surface area (TPSA) is 91.3 Å². The molecule has 0 aliphatic heterocycles. The summed E-state index contributed by atoms with van der Waals surface area (Å²) in [6.07, 6.45) is 12.5. The molecular formula is C24H30F2N6O. The van der Waals surface area contributed by atoms with Crippen LogP contribution in [0.15, 0.2) is 41.7 Å². The predicted octanol–water partition coefficient (Wildman–Crippen LogP) is 4.19. The summed E-state index contributed by atoms with van der Waals surface area (Å²) in [6, 6.07) is 5.52. The van der Waals surface area contributed by atoms with Crippen molar-refractivity contribution in [3.8, 4) is 0 Å². The minimum atomic E-state index is -1.05. The molecule has 1 aromatic heterocycles. The highest BCUT2D eigenvalue weighted by Crippen LogP contribution is 2.24. The molecule has 1 heterocycles. The van der Waals surface area contributed by atoms with Crippen LogP contribution in [0.5, 0.6) is 0 Å². The second-order valence-corrected chi connectivity index (χ2v) is 8.76. The number of nitrogens with zero attached hydrogens (tertiary/aromatic N) is 3. The monoisotopic (exact) mass is 456 g/mol. The first-order valence-corrected chi connectivity index (χ1v) is 11.7. The first-order valence-electron chi connectivity index (χ1n) is 11.7. The van der Waals surface area contributed by atoms with E-state index in [0.717, 1.165) is 63.5 Å². The highest BCUT2D eigenvalue weighted by Gasteiger charge is 2.23. The van der Waals surface area contributed by atoms with Gasteiger partial charge in [-0.25, -0.2) is 23.7 Å². The van der Waals surface area contributed by atoms with E-state index >= 15 is 0 Å². The van der Waals surface area contributed by atoms with Gasteiger partial charge in [-0.2, -0.15) is 0 Å². The molecule has 2 aromatic rings. The molecular weight excluding hydrogens is 426 g/mol. The van der Waals surface area contributed by atoms with Gasteiger partial charge in [-0.3, -0.25) is 10.1 Å². The first kappa shape index (κ1) is 23.1. The molecule has 7 nitrogen and oxygen atoms in total.